The third-order valence-electron chi connectivity index (χ3n) is 3.21. The minimum atomic E-state index is -3.60. The quantitative estimate of drug-likeness (QED) is 0.648. The summed E-state index contributed by atoms with van der Waals surface area (Å²) in [6.45, 7) is 2.04. The number of benzene rings is 2. The lowest BCUT2D eigenvalue weighted by Gasteiger charge is -2.10. The first-order valence-corrected chi connectivity index (χ1v) is 9.58. The Labute approximate surface area is 156 Å². The molecule has 2 aromatic rings. The standard InChI is InChI=1S/C16H17Cl2N3O3S/c1-11-2-5-13(6-3-11)25(23,24)20-9-8-19-16(22)21-15-7-4-12(17)10-14(15)18/h2-7,10,20H,8-9H2,1H3,(H2,19,21,22). The van der Waals surface area contributed by atoms with Gasteiger partial charge in [0, 0.05) is 18.1 Å². The fourth-order valence-corrected chi connectivity index (χ4v) is 3.41. The minimum absolute atomic E-state index is 0.0536. The number of hydrogen-bond acceptors (Lipinski definition) is 3. The number of sulfonamides is 1. The van der Waals surface area contributed by atoms with Crippen LogP contribution in [0.3, 0.4) is 0 Å². The Hall–Kier alpha value is -1.80. The smallest absolute Gasteiger partial charge is 0.319 e. The predicted molar refractivity (Wildman–Crippen MR) is 99.9 cm³/mol. The van der Waals surface area contributed by atoms with E-state index in [1.54, 1.807) is 24.3 Å². The lowest BCUT2D eigenvalue weighted by atomic mass is 10.2. The first kappa shape index (κ1) is 19.5. The molecule has 0 fully saturated rings. The third-order valence-corrected chi connectivity index (χ3v) is 5.24. The van der Waals surface area contributed by atoms with Gasteiger partial charge in [0.05, 0.1) is 15.6 Å². The molecule has 0 aliphatic rings. The van der Waals surface area contributed by atoms with Crippen molar-refractivity contribution in [1.82, 2.24) is 10.0 Å². The van der Waals surface area contributed by atoms with Crippen LogP contribution in [0.4, 0.5) is 10.5 Å². The van der Waals surface area contributed by atoms with Gasteiger partial charge < -0.3 is 10.6 Å². The van der Waals surface area contributed by atoms with Crippen molar-refractivity contribution in [3.63, 3.8) is 0 Å². The second kappa shape index (κ2) is 8.53. The van der Waals surface area contributed by atoms with E-state index in [1.165, 1.54) is 18.2 Å². The van der Waals surface area contributed by atoms with Crippen molar-refractivity contribution in [2.45, 2.75) is 11.8 Å². The van der Waals surface area contributed by atoms with Crippen LogP contribution in [0.1, 0.15) is 5.56 Å². The van der Waals surface area contributed by atoms with E-state index in [2.05, 4.69) is 15.4 Å². The number of anilines is 1. The second-order valence-electron chi connectivity index (χ2n) is 5.22. The Morgan fingerprint density at radius 1 is 1.04 bits per heavy atom. The number of amides is 2. The van der Waals surface area contributed by atoms with Gasteiger partial charge in [0.1, 0.15) is 0 Å². The molecule has 0 unspecified atom stereocenters. The van der Waals surface area contributed by atoms with Crippen molar-refractivity contribution in [3.05, 3.63) is 58.1 Å². The Kier molecular flexibility index (Phi) is 6.66. The number of urea groups is 1. The molecule has 134 valence electrons. The summed E-state index contributed by atoms with van der Waals surface area (Å²) in [6.07, 6.45) is 0. The van der Waals surface area contributed by atoms with Gasteiger partial charge in [-0.05, 0) is 37.3 Å². The monoisotopic (exact) mass is 401 g/mol. The van der Waals surface area contributed by atoms with E-state index in [0.29, 0.717) is 15.7 Å². The van der Waals surface area contributed by atoms with E-state index in [9.17, 15) is 13.2 Å². The maximum Gasteiger partial charge on any atom is 0.319 e. The van der Waals surface area contributed by atoms with Gasteiger partial charge in [-0.2, -0.15) is 0 Å². The van der Waals surface area contributed by atoms with Crippen LogP contribution in [0.25, 0.3) is 0 Å². The summed E-state index contributed by atoms with van der Waals surface area (Å²) in [6, 6.07) is 10.7. The molecule has 0 heterocycles. The summed E-state index contributed by atoms with van der Waals surface area (Å²) in [5.74, 6) is 0. The highest BCUT2D eigenvalue weighted by Gasteiger charge is 2.13. The van der Waals surface area contributed by atoms with Gasteiger partial charge in [-0.15, -0.1) is 0 Å². The van der Waals surface area contributed by atoms with Gasteiger partial charge in [0.15, 0.2) is 0 Å². The van der Waals surface area contributed by atoms with Gasteiger partial charge in [-0.3, -0.25) is 0 Å². The Morgan fingerprint density at radius 2 is 1.72 bits per heavy atom. The molecule has 0 radical (unpaired) electrons. The van der Waals surface area contributed by atoms with E-state index < -0.39 is 16.1 Å². The third kappa shape index (κ3) is 5.89. The largest absolute Gasteiger partial charge is 0.337 e. The highest BCUT2D eigenvalue weighted by atomic mass is 35.5. The SMILES string of the molecule is Cc1ccc(S(=O)(=O)NCCNC(=O)Nc2ccc(Cl)cc2Cl)cc1. The van der Waals surface area contributed by atoms with Gasteiger partial charge in [0.25, 0.3) is 0 Å². The number of halogens is 2. The fraction of sp³-hybridized carbons (Fsp3) is 0.188. The topological polar surface area (TPSA) is 87.3 Å². The molecule has 2 rings (SSSR count). The highest BCUT2D eigenvalue weighted by Crippen LogP contribution is 2.25. The molecular weight excluding hydrogens is 385 g/mol. The number of hydrogen-bond donors (Lipinski definition) is 3. The van der Waals surface area contributed by atoms with Crippen LogP contribution in [0, 0.1) is 6.92 Å². The van der Waals surface area contributed by atoms with Crippen LogP contribution in [0.5, 0.6) is 0 Å². The number of rotatable bonds is 6. The molecule has 9 heteroatoms. The molecule has 0 aromatic heterocycles. The number of carbonyl (C=O) groups excluding carboxylic acids is 1. The van der Waals surface area contributed by atoms with Crippen molar-refractivity contribution in [3.8, 4) is 0 Å². The van der Waals surface area contributed by atoms with Gasteiger partial charge in [-0.25, -0.2) is 17.9 Å². The summed E-state index contributed by atoms with van der Waals surface area (Å²) >= 11 is 11.7. The highest BCUT2D eigenvalue weighted by molar-refractivity contribution is 7.89. The van der Waals surface area contributed by atoms with E-state index in [-0.39, 0.29) is 18.0 Å². The number of aryl methyl sites for hydroxylation is 1. The zero-order valence-electron chi connectivity index (χ0n) is 13.3. The van der Waals surface area contributed by atoms with Crippen LogP contribution in [-0.4, -0.2) is 27.5 Å². The van der Waals surface area contributed by atoms with Crippen LogP contribution >= 0.6 is 23.2 Å². The van der Waals surface area contributed by atoms with Crippen LogP contribution in [0.2, 0.25) is 10.0 Å². The maximum absolute atomic E-state index is 12.1. The van der Waals surface area contributed by atoms with Gasteiger partial charge >= 0.3 is 6.03 Å². The van der Waals surface area contributed by atoms with Crippen LogP contribution < -0.4 is 15.4 Å². The molecule has 25 heavy (non-hydrogen) atoms. The molecule has 2 amide bonds. The summed E-state index contributed by atoms with van der Waals surface area (Å²) in [5.41, 5.74) is 1.38. The molecule has 6 nitrogen and oxygen atoms in total. The molecule has 0 saturated heterocycles. The van der Waals surface area contributed by atoms with Crippen LogP contribution in [0.15, 0.2) is 47.4 Å². The summed E-state index contributed by atoms with van der Waals surface area (Å²) in [7, 11) is -3.60. The van der Waals surface area contributed by atoms with Crippen molar-refractivity contribution >= 4 is 44.9 Å². The van der Waals surface area contributed by atoms with Crippen LogP contribution in [-0.2, 0) is 10.0 Å². The average molecular weight is 402 g/mol. The lowest BCUT2D eigenvalue weighted by Crippen LogP contribution is -2.36. The van der Waals surface area contributed by atoms with Gasteiger partial charge in [0.2, 0.25) is 10.0 Å². The Balaban J connectivity index is 1.80. The molecule has 3 N–H and O–H groups in total. The van der Waals surface area contributed by atoms with Gasteiger partial charge in [-0.1, -0.05) is 40.9 Å². The summed E-state index contributed by atoms with van der Waals surface area (Å²) in [4.78, 5) is 12.0. The first-order valence-electron chi connectivity index (χ1n) is 7.34. The van der Waals surface area contributed by atoms with Crippen molar-refractivity contribution in [1.29, 1.82) is 0 Å². The van der Waals surface area contributed by atoms with Crippen molar-refractivity contribution in [2.75, 3.05) is 18.4 Å². The number of carbonyl (C=O) groups is 1. The van der Waals surface area contributed by atoms with E-state index in [0.717, 1.165) is 5.56 Å². The lowest BCUT2D eigenvalue weighted by molar-refractivity contribution is 0.252. The molecule has 2 aromatic carbocycles. The normalized spacial score (nSPS) is 11.2. The predicted octanol–water partition coefficient (Wildman–Crippen LogP) is 3.40. The van der Waals surface area contributed by atoms with E-state index in [1.807, 2.05) is 6.92 Å². The minimum Gasteiger partial charge on any atom is -0.337 e. The summed E-state index contributed by atoms with van der Waals surface area (Å²) < 4.78 is 26.6. The second-order valence-corrected chi connectivity index (χ2v) is 7.83. The molecule has 0 bridgehead atoms. The first-order chi connectivity index (χ1) is 11.8. The maximum atomic E-state index is 12.1. The number of nitrogens with one attached hydrogen (secondary N) is 3. The van der Waals surface area contributed by atoms with Crippen molar-refractivity contribution < 1.29 is 13.2 Å². The molecular formula is C16H17Cl2N3O3S. The zero-order valence-corrected chi connectivity index (χ0v) is 15.7. The van der Waals surface area contributed by atoms with Crippen molar-refractivity contribution in [2.24, 2.45) is 0 Å². The summed E-state index contributed by atoms with van der Waals surface area (Å²) in [5, 5.41) is 5.86. The molecule has 0 saturated carbocycles. The molecule has 0 aliphatic heterocycles. The molecule has 0 aliphatic carbocycles. The Bertz CT molecular complexity index is 855. The van der Waals surface area contributed by atoms with E-state index in [4.69, 9.17) is 23.2 Å². The Morgan fingerprint density at radius 3 is 2.36 bits per heavy atom. The van der Waals surface area contributed by atoms with E-state index >= 15 is 0 Å². The molecule has 0 spiro atoms. The average Bonchev–Trinajstić information content (AvgIpc) is 2.55. The zero-order chi connectivity index (χ0) is 18.4. The fourth-order valence-electron chi connectivity index (χ4n) is 1.92. The molecule has 0 atom stereocenters.